The van der Waals surface area contributed by atoms with Gasteiger partial charge in [0, 0.05) is 55.1 Å². The number of phenols is 2. The van der Waals surface area contributed by atoms with Crippen LogP contribution in [0.25, 0.3) is 0 Å². The number of aliphatic hydroxyl groups is 3. The Morgan fingerprint density at radius 1 is 1.09 bits per heavy atom. The van der Waals surface area contributed by atoms with E-state index in [4.69, 9.17) is 18.9 Å². The molecule has 2 fully saturated rings. The lowest BCUT2D eigenvalue weighted by Crippen LogP contribution is -2.58. The minimum Gasteiger partial charge on any atom is -0.507 e. The lowest BCUT2D eigenvalue weighted by atomic mass is 9.72. The molecule has 5 N–H and O–H groups in total. The van der Waals surface area contributed by atoms with Crippen molar-refractivity contribution in [3.8, 4) is 17.2 Å². The number of ketones is 3. The normalized spacial score (nSPS) is 29.7. The van der Waals surface area contributed by atoms with E-state index in [0.29, 0.717) is 26.3 Å². The molecule has 0 bridgehead atoms. The van der Waals surface area contributed by atoms with E-state index >= 15 is 0 Å². The third-order valence-corrected chi connectivity index (χ3v) is 9.24. The Morgan fingerprint density at radius 3 is 2.44 bits per heavy atom. The molecular weight excluding hydrogens is 614 g/mol. The molecule has 0 radical (unpaired) electrons. The zero-order chi connectivity index (χ0) is 31.5. The average Bonchev–Trinajstić information content (AvgIpc) is 3.02. The van der Waals surface area contributed by atoms with Crippen LogP contribution in [-0.4, -0.2) is 118 Å². The zero-order valence-electron chi connectivity index (χ0n) is 24.7. The fourth-order valence-electron chi connectivity index (χ4n) is 6.96. The quantitative estimate of drug-likeness (QED) is 0.236. The number of benzene rings is 2. The Hall–Kier alpha value is -3.14. The molecule has 0 amide bonds. The first-order chi connectivity index (χ1) is 21.0. The van der Waals surface area contributed by atoms with Gasteiger partial charge in [-0.15, -0.1) is 12.4 Å². The van der Waals surface area contributed by atoms with E-state index in [9.17, 15) is 39.9 Å². The van der Waals surface area contributed by atoms with Gasteiger partial charge in [0.1, 0.15) is 29.5 Å². The number of Topliss-reactive ketones (excluding diaryl/α,β-unsaturated/α-hetero) is 1. The predicted octanol–water partition coefficient (Wildman–Crippen LogP) is 0.797. The minimum atomic E-state index is -2.24. The Labute approximate surface area is 264 Å². The van der Waals surface area contributed by atoms with Crippen LogP contribution in [0.15, 0.2) is 18.2 Å². The number of nitrogens with zero attached hydrogens (tertiary/aromatic N) is 1. The van der Waals surface area contributed by atoms with Crippen LogP contribution in [0.3, 0.4) is 0 Å². The van der Waals surface area contributed by atoms with E-state index in [2.05, 4.69) is 4.90 Å². The van der Waals surface area contributed by atoms with Crippen molar-refractivity contribution in [3.05, 3.63) is 51.6 Å². The largest absolute Gasteiger partial charge is 0.507 e. The van der Waals surface area contributed by atoms with Crippen LogP contribution in [0.2, 0.25) is 0 Å². The molecule has 4 aliphatic rings. The van der Waals surface area contributed by atoms with Crippen molar-refractivity contribution in [2.24, 2.45) is 0 Å². The summed E-state index contributed by atoms with van der Waals surface area (Å²) < 4.78 is 23.0. The number of morpholine rings is 1. The molecule has 2 aromatic carbocycles. The second kappa shape index (κ2) is 12.6. The molecule has 2 aromatic rings. The van der Waals surface area contributed by atoms with Crippen molar-refractivity contribution in [1.82, 2.24) is 4.90 Å². The standard InChI is InChI=1S/C31H35NO12.ClH/c1-14-26(35)17(32-6-8-42-9-7-32)10-21(43-14)44-19-12-31(40,20(34)13-33)11-16-23(19)30(39)25-24(28(16)37)27(36)15-4-3-5-18(41-2)22(15)29(25)38;/h3-5,14,17,19,21,26,33,35,37,39-40H,6-13H2,1-2H3;1H/t14?,17?,19-,21?,26?,31-;/m0./s1. The van der Waals surface area contributed by atoms with Crippen LogP contribution >= 0.6 is 12.4 Å². The second-order valence-corrected chi connectivity index (χ2v) is 11.7. The van der Waals surface area contributed by atoms with Gasteiger partial charge in [-0.25, -0.2) is 0 Å². The van der Waals surface area contributed by atoms with Gasteiger partial charge >= 0.3 is 0 Å². The number of hydrogen-bond acceptors (Lipinski definition) is 13. The first kappa shape index (κ1) is 33.2. The molecule has 2 aliphatic heterocycles. The van der Waals surface area contributed by atoms with Gasteiger partial charge in [0.15, 0.2) is 17.9 Å². The highest BCUT2D eigenvalue weighted by Gasteiger charge is 2.50. The maximum absolute atomic E-state index is 13.8. The van der Waals surface area contributed by atoms with E-state index in [0.717, 1.165) is 0 Å². The van der Waals surface area contributed by atoms with Gasteiger partial charge in [-0.3, -0.25) is 19.3 Å². The zero-order valence-corrected chi connectivity index (χ0v) is 25.5. The lowest BCUT2D eigenvalue weighted by molar-refractivity contribution is -0.260. The molecule has 0 saturated carbocycles. The Balaban J connectivity index is 0.00000400. The first-order valence-electron chi connectivity index (χ1n) is 14.5. The number of carbonyl (C=O) groups is 3. The molecule has 6 atom stereocenters. The monoisotopic (exact) mass is 649 g/mol. The van der Waals surface area contributed by atoms with Crippen LogP contribution in [0.5, 0.6) is 17.2 Å². The van der Waals surface area contributed by atoms with Crippen LogP contribution in [-0.2, 0) is 25.4 Å². The molecule has 0 spiro atoms. The number of aromatic hydroxyl groups is 2. The van der Waals surface area contributed by atoms with Gasteiger partial charge in [0.05, 0.1) is 55.3 Å². The van der Waals surface area contributed by atoms with E-state index in [1.54, 1.807) is 6.92 Å². The van der Waals surface area contributed by atoms with Gasteiger partial charge in [0.25, 0.3) is 0 Å². The number of aliphatic hydroxyl groups excluding tert-OH is 2. The van der Waals surface area contributed by atoms with Crippen LogP contribution in [0.1, 0.15) is 68.8 Å². The van der Waals surface area contributed by atoms with Crippen molar-refractivity contribution in [1.29, 1.82) is 0 Å². The molecule has 2 saturated heterocycles. The summed E-state index contributed by atoms with van der Waals surface area (Å²) in [5.74, 6) is -3.68. The molecule has 45 heavy (non-hydrogen) atoms. The highest BCUT2D eigenvalue weighted by atomic mass is 35.5. The van der Waals surface area contributed by atoms with E-state index in [1.807, 2.05) is 0 Å². The van der Waals surface area contributed by atoms with Crippen molar-refractivity contribution >= 4 is 29.8 Å². The molecule has 6 rings (SSSR count). The summed E-state index contributed by atoms with van der Waals surface area (Å²) in [7, 11) is 1.34. The number of carbonyl (C=O) groups excluding carboxylic acids is 3. The Bertz CT molecular complexity index is 1520. The number of methoxy groups -OCH3 is 1. The van der Waals surface area contributed by atoms with Gasteiger partial charge < -0.3 is 44.5 Å². The Kier molecular flexibility index (Phi) is 9.28. The van der Waals surface area contributed by atoms with Gasteiger partial charge in [0.2, 0.25) is 5.78 Å². The second-order valence-electron chi connectivity index (χ2n) is 11.7. The van der Waals surface area contributed by atoms with E-state index in [1.165, 1.54) is 25.3 Å². The number of halogens is 1. The van der Waals surface area contributed by atoms with Crippen molar-refractivity contribution in [2.75, 3.05) is 40.0 Å². The van der Waals surface area contributed by atoms with Gasteiger partial charge in [-0.2, -0.15) is 0 Å². The topological polar surface area (TPSA) is 193 Å². The SMILES string of the molecule is COc1cccc2c1C(=O)c1c(O)c3c(c(O)c1C2=O)C[C@@](O)(C(=O)CO)C[C@@H]3OC1CC(N2CCOCC2)C(O)C(C)O1.Cl. The summed E-state index contributed by atoms with van der Waals surface area (Å²) in [6.07, 6.45) is -4.66. The summed E-state index contributed by atoms with van der Waals surface area (Å²) >= 11 is 0. The highest BCUT2D eigenvalue weighted by Crippen LogP contribution is 2.52. The van der Waals surface area contributed by atoms with Gasteiger partial charge in [-0.05, 0) is 13.0 Å². The van der Waals surface area contributed by atoms with E-state index in [-0.39, 0.29) is 52.9 Å². The van der Waals surface area contributed by atoms with Crippen LogP contribution < -0.4 is 4.74 Å². The third-order valence-electron chi connectivity index (χ3n) is 9.24. The molecular formula is C31H36ClNO12. The molecule has 2 heterocycles. The number of phenolic OH excluding ortho intramolecular Hbond substituents is 2. The average molecular weight is 650 g/mol. The first-order valence-corrected chi connectivity index (χ1v) is 14.5. The molecule has 13 nitrogen and oxygen atoms in total. The molecule has 2 aliphatic carbocycles. The van der Waals surface area contributed by atoms with Crippen molar-refractivity contribution < 1.29 is 58.9 Å². The van der Waals surface area contributed by atoms with Crippen molar-refractivity contribution in [3.63, 3.8) is 0 Å². The highest BCUT2D eigenvalue weighted by molar-refractivity contribution is 6.31. The maximum atomic E-state index is 13.8. The summed E-state index contributed by atoms with van der Waals surface area (Å²) in [4.78, 5) is 42.3. The predicted molar refractivity (Wildman–Crippen MR) is 157 cm³/mol. The number of hydrogen-bond donors (Lipinski definition) is 5. The van der Waals surface area contributed by atoms with Crippen LogP contribution in [0, 0.1) is 0 Å². The fourth-order valence-corrected chi connectivity index (χ4v) is 6.96. The summed E-state index contributed by atoms with van der Waals surface area (Å²) in [6.45, 7) is 2.83. The number of rotatable bonds is 6. The summed E-state index contributed by atoms with van der Waals surface area (Å²) in [6, 6.07) is 4.04. The smallest absolute Gasteiger partial charge is 0.202 e. The molecule has 4 unspecified atom stereocenters. The minimum absolute atomic E-state index is 0. The molecule has 0 aromatic heterocycles. The fraction of sp³-hybridized carbons (Fsp3) is 0.516. The van der Waals surface area contributed by atoms with Gasteiger partial charge in [-0.1, -0.05) is 12.1 Å². The third kappa shape index (κ3) is 5.40. The summed E-state index contributed by atoms with van der Waals surface area (Å²) in [5, 5.41) is 55.2. The molecule has 14 heteroatoms. The van der Waals surface area contributed by atoms with Crippen molar-refractivity contribution in [2.45, 2.75) is 62.4 Å². The lowest BCUT2D eigenvalue weighted by Gasteiger charge is -2.46. The number of ether oxygens (including phenoxy) is 4. The summed E-state index contributed by atoms with van der Waals surface area (Å²) in [5.41, 5.74) is -3.52. The van der Waals surface area contributed by atoms with Crippen LogP contribution in [0.4, 0.5) is 0 Å². The van der Waals surface area contributed by atoms with E-state index < -0.39 is 89.6 Å². The molecule has 244 valence electrons. The maximum Gasteiger partial charge on any atom is 0.202 e. The Morgan fingerprint density at radius 2 is 1.78 bits per heavy atom. The number of fused-ring (bicyclic) bond motifs is 3.